The number of carbonyl (C=O) groups is 1. The molecule has 0 spiro atoms. The molecule has 2 aliphatic rings. The van der Waals surface area contributed by atoms with Crippen LogP contribution in [0.2, 0.25) is 0 Å². The van der Waals surface area contributed by atoms with E-state index in [9.17, 15) is 33.3 Å². The van der Waals surface area contributed by atoms with Crippen molar-refractivity contribution < 1.29 is 52.6 Å². The van der Waals surface area contributed by atoms with Crippen LogP contribution in [0.15, 0.2) is 24.3 Å². The molecule has 2 fully saturated rings. The molecule has 10 nitrogen and oxygen atoms in total. The maximum absolute atomic E-state index is 14.4. The molecule has 0 radical (unpaired) electrons. The first-order chi connectivity index (χ1) is 18.0. The van der Waals surface area contributed by atoms with Crippen LogP contribution >= 0.6 is 0 Å². The highest BCUT2D eigenvalue weighted by molar-refractivity contribution is 5.70. The average molecular weight is 545 g/mol. The number of alkyl halides is 3. The van der Waals surface area contributed by atoms with Gasteiger partial charge in [-0.25, -0.2) is 4.79 Å². The molecule has 0 bridgehead atoms. The van der Waals surface area contributed by atoms with E-state index in [0.29, 0.717) is 18.4 Å². The summed E-state index contributed by atoms with van der Waals surface area (Å²) in [5.74, 6) is -1.45. The second-order valence-corrected chi connectivity index (χ2v) is 9.48. The van der Waals surface area contributed by atoms with Crippen LogP contribution in [0.3, 0.4) is 0 Å². The normalized spacial score (nSPS) is 26.2. The van der Waals surface area contributed by atoms with Gasteiger partial charge in [-0.05, 0) is 36.8 Å². The lowest BCUT2D eigenvalue weighted by Gasteiger charge is -2.39. The van der Waals surface area contributed by atoms with E-state index in [1.54, 1.807) is 12.1 Å². The van der Waals surface area contributed by atoms with E-state index >= 15 is 0 Å². The Balaban J connectivity index is 1.68. The van der Waals surface area contributed by atoms with Gasteiger partial charge in [0.2, 0.25) is 12.2 Å². The molecule has 1 saturated heterocycles. The molecule has 0 unspecified atom stereocenters. The van der Waals surface area contributed by atoms with Gasteiger partial charge in [0, 0.05) is 6.42 Å². The van der Waals surface area contributed by atoms with Gasteiger partial charge in [-0.2, -0.15) is 13.2 Å². The number of hydrogen-bond donors (Lipinski definition) is 4. The molecule has 4 N–H and O–H groups in total. The number of hydrogen-bond acceptors (Lipinski definition) is 9. The maximum atomic E-state index is 14.4. The molecule has 2 aromatic rings. The second-order valence-electron chi connectivity index (χ2n) is 9.48. The van der Waals surface area contributed by atoms with Gasteiger partial charge in [0.1, 0.15) is 43.3 Å². The molecule has 1 aromatic heterocycles. The molecule has 1 aromatic carbocycles. The number of ether oxygens (including phenoxy) is 3. The number of carbonyl (C=O) groups excluding carboxylic acids is 1. The number of rotatable bonds is 9. The first-order valence-corrected chi connectivity index (χ1v) is 12.4. The van der Waals surface area contributed by atoms with Gasteiger partial charge in [0.25, 0.3) is 0 Å². The lowest BCUT2D eigenvalue weighted by Crippen LogP contribution is -2.60. The first-order valence-electron chi connectivity index (χ1n) is 12.4. The van der Waals surface area contributed by atoms with Gasteiger partial charge < -0.3 is 34.6 Å². The molecule has 4 rings (SSSR count). The smallest absolute Gasteiger partial charge is 0.433 e. The van der Waals surface area contributed by atoms with Gasteiger partial charge >= 0.3 is 12.1 Å². The van der Waals surface area contributed by atoms with Crippen molar-refractivity contribution in [3.63, 3.8) is 0 Å². The molecule has 5 atom stereocenters. The van der Waals surface area contributed by atoms with Gasteiger partial charge in [0.05, 0.1) is 11.6 Å². The molecule has 1 aliphatic heterocycles. The Labute approximate surface area is 216 Å². The Kier molecular flexibility index (Phi) is 8.62. The van der Waals surface area contributed by atoms with E-state index in [0.717, 1.165) is 23.1 Å². The van der Waals surface area contributed by atoms with Crippen LogP contribution in [-0.4, -0.2) is 80.1 Å². The molecule has 13 heteroatoms. The van der Waals surface area contributed by atoms with Crippen molar-refractivity contribution >= 4 is 5.97 Å². The maximum Gasteiger partial charge on any atom is 0.433 e. The third-order valence-electron chi connectivity index (χ3n) is 6.91. The van der Waals surface area contributed by atoms with Crippen LogP contribution in [-0.2, 0) is 33.3 Å². The number of aliphatic hydroxyl groups excluding tert-OH is 4. The standard InChI is InChI=1S/C25H31F3N2O8/c1-2-13-6-8-14(9-7-13)10-16-22(25(26,27)28)30(15-4-3-5-15)29-23(16)38-24-21(35)20(34)19(33)17(37-24)12-36-18(32)11-31/h6-9,15,17,19-21,24,31,33-35H,2-5,10-12H2,1H3/t17-,19-,20+,21-,24+/m1/s1. The van der Waals surface area contributed by atoms with Crippen molar-refractivity contribution in [2.45, 2.75) is 82.0 Å². The van der Waals surface area contributed by atoms with Crippen LogP contribution in [0.5, 0.6) is 5.88 Å². The largest absolute Gasteiger partial charge is 0.461 e. The Morgan fingerprint density at radius 2 is 1.76 bits per heavy atom. The molecule has 38 heavy (non-hydrogen) atoms. The SMILES string of the molecule is CCc1ccc(Cc2c(O[C@@H]3O[C@H](COC(=O)CO)[C@@H](O)[C@H](O)[C@H]3O)nn(C3CCC3)c2C(F)(F)F)cc1. The minimum Gasteiger partial charge on any atom is -0.461 e. The Morgan fingerprint density at radius 3 is 2.32 bits per heavy atom. The highest BCUT2D eigenvalue weighted by Crippen LogP contribution is 2.43. The van der Waals surface area contributed by atoms with E-state index < -0.39 is 73.7 Å². The van der Waals surface area contributed by atoms with E-state index in [-0.39, 0.29) is 12.0 Å². The van der Waals surface area contributed by atoms with Crippen LogP contribution in [0.25, 0.3) is 0 Å². The quantitative estimate of drug-likeness (QED) is 0.345. The predicted molar refractivity (Wildman–Crippen MR) is 124 cm³/mol. The Morgan fingerprint density at radius 1 is 1.11 bits per heavy atom. The minimum atomic E-state index is -4.76. The summed E-state index contributed by atoms with van der Waals surface area (Å²) in [6.45, 7) is 0.421. The number of aliphatic hydroxyl groups is 4. The van der Waals surface area contributed by atoms with Crippen LogP contribution < -0.4 is 4.74 Å². The fourth-order valence-corrected chi connectivity index (χ4v) is 4.48. The van der Waals surface area contributed by atoms with Gasteiger partial charge in [-0.1, -0.05) is 31.2 Å². The summed E-state index contributed by atoms with van der Waals surface area (Å²) in [7, 11) is 0. The zero-order valence-corrected chi connectivity index (χ0v) is 20.7. The molecule has 2 heterocycles. The van der Waals surface area contributed by atoms with Crippen molar-refractivity contribution in [2.24, 2.45) is 0 Å². The summed E-state index contributed by atoms with van der Waals surface area (Å²) < 4.78 is 59.9. The van der Waals surface area contributed by atoms with Crippen LogP contribution in [0.4, 0.5) is 13.2 Å². The molecule has 1 saturated carbocycles. The summed E-state index contributed by atoms with van der Waals surface area (Å²) in [5.41, 5.74) is 0.384. The predicted octanol–water partition coefficient (Wildman–Crippen LogP) is 1.50. The van der Waals surface area contributed by atoms with Crippen LogP contribution in [0, 0.1) is 0 Å². The van der Waals surface area contributed by atoms with Crippen molar-refractivity contribution in [3.05, 3.63) is 46.6 Å². The summed E-state index contributed by atoms with van der Waals surface area (Å²) in [6.07, 6.45) is -10.9. The number of aryl methyl sites for hydroxylation is 1. The molecule has 210 valence electrons. The Bertz CT molecular complexity index is 1100. The lowest BCUT2D eigenvalue weighted by molar-refractivity contribution is -0.279. The fourth-order valence-electron chi connectivity index (χ4n) is 4.48. The zero-order valence-electron chi connectivity index (χ0n) is 20.7. The Hall–Kier alpha value is -2.71. The second kappa shape index (κ2) is 11.6. The fraction of sp³-hybridized carbons (Fsp3) is 0.600. The number of esters is 1. The average Bonchev–Trinajstić information content (AvgIpc) is 3.19. The lowest BCUT2D eigenvalue weighted by atomic mass is 9.93. The highest BCUT2D eigenvalue weighted by atomic mass is 19.4. The van der Waals surface area contributed by atoms with E-state index in [1.807, 2.05) is 19.1 Å². The van der Waals surface area contributed by atoms with Gasteiger partial charge in [-0.3, -0.25) is 4.68 Å². The van der Waals surface area contributed by atoms with E-state index in [4.69, 9.17) is 19.3 Å². The minimum absolute atomic E-state index is 0.174. The van der Waals surface area contributed by atoms with Gasteiger partial charge in [-0.15, -0.1) is 5.10 Å². The number of benzene rings is 1. The summed E-state index contributed by atoms with van der Waals surface area (Å²) >= 11 is 0. The number of nitrogens with zero attached hydrogens (tertiary/aromatic N) is 2. The molecular formula is C25H31F3N2O8. The molecular weight excluding hydrogens is 513 g/mol. The highest BCUT2D eigenvalue weighted by Gasteiger charge is 2.48. The van der Waals surface area contributed by atoms with Crippen molar-refractivity contribution in [2.75, 3.05) is 13.2 Å². The van der Waals surface area contributed by atoms with Gasteiger partial charge in [0.15, 0.2) is 0 Å². The van der Waals surface area contributed by atoms with Crippen molar-refractivity contribution in [1.29, 1.82) is 0 Å². The number of aromatic nitrogens is 2. The van der Waals surface area contributed by atoms with E-state index in [1.165, 1.54) is 0 Å². The van der Waals surface area contributed by atoms with Crippen molar-refractivity contribution in [1.82, 2.24) is 9.78 Å². The third kappa shape index (κ3) is 5.96. The number of halogens is 3. The zero-order chi connectivity index (χ0) is 27.6. The summed E-state index contributed by atoms with van der Waals surface area (Å²) in [4.78, 5) is 11.3. The molecule has 0 amide bonds. The van der Waals surface area contributed by atoms with Crippen molar-refractivity contribution in [3.8, 4) is 5.88 Å². The summed E-state index contributed by atoms with van der Waals surface area (Å²) in [6, 6.07) is 6.62. The molecule has 1 aliphatic carbocycles. The monoisotopic (exact) mass is 544 g/mol. The third-order valence-corrected chi connectivity index (χ3v) is 6.91. The topological polar surface area (TPSA) is 144 Å². The van der Waals surface area contributed by atoms with E-state index in [2.05, 4.69) is 5.10 Å². The first kappa shape index (κ1) is 28.3. The summed E-state index contributed by atoms with van der Waals surface area (Å²) in [5, 5.41) is 44.0. The van der Waals surface area contributed by atoms with Crippen LogP contribution in [0.1, 0.15) is 54.6 Å².